The van der Waals surface area contributed by atoms with Gasteiger partial charge in [0.25, 0.3) is 5.89 Å². The number of hydrogen-bond acceptors (Lipinski definition) is 5. The van der Waals surface area contributed by atoms with Crippen molar-refractivity contribution in [3.63, 3.8) is 0 Å². The van der Waals surface area contributed by atoms with Crippen molar-refractivity contribution in [2.75, 3.05) is 11.4 Å². The van der Waals surface area contributed by atoms with E-state index in [1.165, 1.54) is 0 Å². The van der Waals surface area contributed by atoms with Crippen molar-refractivity contribution in [3.05, 3.63) is 72.6 Å². The number of anilines is 1. The predicted octanol–water partition coefficient (Wildman–Crippen LogP) is 3.65. The van der Waals surface area contributed by atoms with Gasteiger partial charge >= 0.3 is 0 Å². The monoisotopic (exact) mass is 371 g/mol. The van der Waals surface area contributed by atoms with Crippen LogP contribution in [0.1, 0.15) is 18.2 Å². The Kier molecular flexibility index (Phi) is 3.97. The summed E-state index contributed by atoms with van der Waals surface area (Å²) in [6, 6.07) is 21.4. The van der Waals surface area contributed by atoms with Crippen LogP contribution in [0.15, 0.2) is 71.3 Å². The number of H-pyrrole nitrogens is 1. The van der Waals surface area contributed by atoms with Gasteiger partial charge in [-0.3, -0.25) is 9.89 Å². The summed E-state index contributed by atoms with van der Waals surface area (Å²) < 4.78 is 5.43. The third kappa shape index (κ3) is 2.96. The number of hydrogen-bond donors (Lipinski definition) is 1. The first kappa shape index (κ1) is 16.4. The summed E-state index contributed by atoms with van der Waals surface area (Å²) in [5, 5.41) is 11.4. The average Bonchev–Trinajstić information content (AvgIpc) is 3.48. The summed E-state index contributed by atoms with van der Waals surface area (Å²) >= 11 is 0. The maximum atomic E-state index is 12.4. The second-order valence-corrected chi connectivity index (χ2v) is 6.73. The van der Waals surface area contributed by atoms with E-state index >= 15 is 0 Å². The summed E-state index contributed by atoms with van der Waals surface area (Å²) in [6.07, 6.45) is 0.367. The van der Waals surface area contributed by atoms with Gasteiger partial charge in [0.2, 0.25) is 5.91 Å². The van der Waals surface area contributed by atoms with Crippen LogP contribution in [-0.4, -0.2) is 32.8 Å². The highest BCUT2D eigenvalue weighted by Crippen LogP contribution is 2.31. The molecule has 2 aromatic carbocycles. The molecule has 1 N–H and O–H groups in total. The largest absolute Gasteiger partial charge is 0.332 e. The van der Waals surface area contributed by atoms with Crippen molar-refractivity contribution >= 4 is 11.6 Å². The molecule has 3 heterocycles. The Morgan fingerprint density at radius 1 is 1.04 bits per heavy atom. The zero-order valence-corrected chi connectivity index (χ0v) is 14.9. The quantitative estimate of drug-likeness (QED) is 0.592. The Hall–Kier alpha value is -3.74. The summed E-state index contributed by atoms with van der Waals surface area (Å²) in [6.45, 7) is 0.542. The number of rotatable bonds is 4. The summed E-state index contributed by atoms with van der Waals surface area (Å²) in [7, 11) is 0. The minimum atomic E-state index is -0.0956. The minimum absolute atomic E-state index is 0.0652. The first-order valence-electron chi connectivity index (χ1n) is 9.08. The number of aromatic amines is 1. The van der Waals surface area contributed by atoms with E-state index in [4.69, 9.17) is 4.52 Å². The van der Waals surface area contributed by atoms with E-state index in [2.05, 4.69) is 20.3 Å². The van der Waals surface area contributed by atoms with E-state index in [0.717, 1.165) is 16.9 Å². The molecule has 7 heteroatoms. The van der Waals surface area contributed by atoms with Crippen LogP contribution in [-0.2, 0) is 4.79 Å². The van der Waals surface area contributed by atoms with E-state index in [9.17, 15) is 4.79 Å². The maximum Gasteiger partial charge on any atom is 0.275 e. The lowest BCUT2D eigenvalue weighted by Gasteiger charge is -2.15. The van der Waals surface area contributed by atoms with Crippen LogP contribution in [0, 0.1) is 0 Å². The van der Waals surface area contributed by atoms with Crippen molar-refractivity contribution < 1.29 is 9.32 Å². The second-order valence-electron chi connectivity index (χ2n) is 6.73. The molecule has 1 unspecified atom stereocenters. The van der Waals surface area contributed by atoms with Crippen LogP contribution >= 0.6 is 0 Å². The summed E-state index contributed by atoms with van der Waals surface area (Å²) in [4.78, 5) is 18.7. The molecule has 1 amide bonds. The maximum absolute atomic E-state index is 12.4. The third-order valence-electron chi connectivity index (χ3n) is 4.88. The van der Waals surface area contributed by atoms with Crippen LogP contribution in [0.4, 0.5) is 5.69 Å². The van der Waals surface area contributed by atoms with Gasteiger partial charge < -0.3 is 9.42 Å². The molecule has 0 bridgehead atoms. The van der Waals surface area contributed by atoms with Gasteiger partial charge in [-0.1, -0.05) is 53.7 Å². The molecule has 2 aromatic heterocycles. The van der Waals surface area contributed by atoms with Crippen molar-refractivity contribution in [1.82, 2.24) is 20.3 Å². The van der Waals surface area contributed by atoms with Gasteiger partial charge in [-0.2, -0.15) is 10.1 Å². The lowest BCUT2D eigenvalue weighted by Crippen LogP contribution is -2.24. The smallest absolute Gasteiger partial charge is 0.275 e. The molecule has 1 fully saturated rings. The van der Waals surface area contributed by atoms with Crippen molar-refractivity contribution in [2.45, 2.75) is 12.3 Å². The Bertz CT molecular complexity index is 1100. The number of carbonyl (C=O) groups excluding carboxylic acids is 1. The zero-order valence-electron chi connectivity index (χ0n) is 14.9. The number of nitrogens with zero attached hydrogens (tertiary/aromatic N) is 4. The van der Waals surface area contributed by atoms with Crippen molar-refractivity contribution in [3.8, 4) is 22.8 Å². The standard InChI is InChI=1S/C21H17N5O2/c27-19-11-15(13-26(19)16-9-5-2-6-10-16)20-22-21(28-25-20)18-12-17(23-24-18)14-7-3-1-4-8-14/h1-10,12,15H,11,13H2,(H,23,24). The third-order valence-corrected chi connectivity index (χ3v) is 4.88. The molecule has 138 valence electrons. The number of carbonyl (C=O) groups is 1. The molecule has 5 rings (SSSR count). The Morgan fingerprint density at radius 2 is 1.79 bits per heavy atom. The molecule has 0 spiro atoms. The van der Waals surface area contributed by atoms with E-state index < -0.39 is 0 Å². The first-order chi connectivity index (χ1) is 13.8. The second kappa shape index (κ2) is 6.77. The minimum Gasteiger partial charge on any atom is -0.332 e. The molecule has 1 aliphatic rings. The van der Waals surface area contributed by atoms with Gasteiger partial charge in [0.1, 0.15) is 5.69 Å². The van der Waals surface area contributed by atoms with Crippen LogP contribution in [0.3, 0.4) is 0 Å². The SMILES string of the molecule is O=C1CC(c2noc(-c3cc(-c4ccccc4)n[nH]3)n2)CN1c1ccccc1. The Morgan fingerprint density at radius 3 is 2.57 bits per heavy atom. The average molecular weight is 371 g/mol. The van der Waals surface area contributed by atoms with Gasteiger partial charge in [0.05, 0.1) is 5.69 Å². The van der Waals surface area contributed by atoms with Crippen molar-refractivity contribution in [1.29, 1.82) is 0 Å². The number of nitrogens with one attached hydrogen (secondary N) is 1. The molecule has 7 nitrogen and oxygen atoms in total. The molecule has 0 radical (unpaired) electrons. The van der Waals surface area contributed by atoms with E-state index in [-0.39, 0.29) is 11.8 Å². The van der Waals surface area contributed by atoms with Gasteiger partial charge in [0, 0.05) is 30.1 Å². The molecule has 1 aliphatic heterocycles. The predicted molar refractivity (Wildman–Crippen MR) is 103 cm³/mol. The highest BCUT2D eigenvalue weighted by atomic mass is 16.5. The van der Waals surface area contributed by atoms with Crippen molar-refractivity contribution in [2.24, 2.45) is 0 Å². The fourth-order valence-corrected chi connectivity index (χ4v) is 3.44. The number of amides is 1. The van der Waals surface area contributed by atoms with E-state index in [1.807, 2.05) is 66.7 Å². The molecule has 4 aromatic rings. The van der Waals surface area contributed by atoms with Gasteiger partial charge in [0.15, 0.2) is 5.82 Å². The Balaban J connectivity index is 1.36. The van der Waals surface area contributed by atoms with E-state index in [0.29, 0.717) is 30.4 Å². The lowest BCUT2D eigenvalue weighted by atomic mass is 10.1. The summed E-state index contributed by atoms with van der Waals surface area (Å²) in [5.41, 5.74) is 3.35. The molecule has 28 heavy (non-hydrogen) atoms. The van der Waals surface area contributed by atoms with Crippen LogP contribution < -0.4 is 4.90 Å². The van der Waals surface area contributed by atoms with Crippen LogP contribution in [0.2, 0.25) is 0 Å². The van der Waals surface area contributed by atoms with Gasteiger partial charge in [-0.05, 0) is 18.2 Å². The lowest BCUT2D eigenvalue weighted by molar-refractivity contribution is -0.117. The van der Waals surface area contributed by atoms with E-state index in [1.54, 1.807) is 4.90 Å². The fraction of sp³-hybridized carbons (Fsp3) is 0.143. The topological polar surface area (TPSA) is 87.9 Å². The zero-order chi connectivity index (χ0) is 18.9. The fourth-order valence-electron chi connectivity index (χ4n) is 3.44. The molecule has 1 atom stereocenters. The first-order valence-corrected chi connectivity index (χ1v) is 9.08. The Labute approximate surface area is 161 Å². The molecule has 0 aliphatic carbocycles. The summed E-state index contributed by atoms with van der Waals surface area (Å²) in [5.74, 6) is 0.880. The van der Waals surface area contributed by atoms with Crippen LogP contribution in [0.25, 0.3) is 22.8 Å². The number of aromatic nitrogens is 4. The molecule has 1 saturated heterocycles. The van der Waals surface area contributed by atoms with Crippen LogP contribution in [0.5, 0.6) is 0 Å². The molecule has 0 saturated carbocycles. The molecular formula is C21H17N5O2. The highest BCUT2D eigenvalue weighted by molar-refractivity contribution is 5.96. The number of benzene rings is 2. The van der Waals surface area contributed by atoms with Gasteiger partial charge in [-0.25, -0.2) is 0 Å². The van der Waals surface area contributed by atoms with Gasteiger partial charge in [-0.15, -0.1) is 0 Å². The normalized spacial score (nSPS) is 16.6. The number of para-hydroxylation sites is 1. The highest BCUT2D eigenvalue weighted by Gasteiger charge is 2.34. The molecular weight excluding hydrogens is 354 g/mol.